The first-order valence-corrected chi connectivity index (χ1v) is 4.53. The number of hydrogen-bond acceptors (Lipinski definition) is 3. The third-order valence-corrected chi connectivity index (χ3v) is 2.00. The molecule has 0 unspecified atom stereocenters. The largest absolute Gasteiger partial charge is 0.383 e. The molecule has 0 saturated heterocycles. The first-order valence-electron chi connectivity index (χ1n) is 3.79. The zero-order chi connectivity index (χ0) is 9.68. The normalized spacial score (nSPS) is 9.31. The highest BCUT2D eigenvalue weighted by Crippen LogP contribution is 2.19. The molecule has 0 radical (unpaired) electrons. The van der Waals surface area contributed by atoms with E-state index < -0.39 is 0 Å². The predicted octanol–water partition coefficient (Wildman–Crippen LogP) is 2.81. The van der Waals surface area contributed by atoms with Crippen LogP contribution in [0, 0.1) is 0 Å². The van der Waals surface area contributed by atoms with Crippen LogP contribution in [0.2, 0.25) is 0 Å². The Bertz CT molecular complexity index is 306. The monoisotopic (exact) mass is 194 g/mol. The Balaban J connectivity index is 2.44. The SMILES string of the molecule is C=C(C)C(=O)OSc1ccccc1. The lowest BCUT2D eigenvalue weighted by Crippen LogP contribution is -1.98. The van der Waals surface area contributed by atoms with Gasteiger partial charge in [0.05, 0.1) is 12.0 Å². The van der Waals surface area contributed by atoms with Gasteiger partial charge in [0.25, 0.3) is 0 Å². The first kappa shape index (κ1) is 9.86. The van der Waals surface area contributed by atoms with Crippen molar-refractivity contribution >= 4 is 18.0 Å². The van der Waals surface area contributed by atoms with Gasteiger partial charge >= 0.3 is 5.97 Å². The summed E-state index contributed by atoms with van der Waals surface area (Å²) in [6, 6.07) is 9.42. The van der Waals surface area contributed by atoms with Gasteiger partial charge in [0.1, 0.15) is 0 Å². The van der Waals surface area contributed by atoms with Crippen molar-refractivity contribution < 1.29 is 8.98 Å². The molecule has 1 aromatic carbocycles. The highest BCUT2D eigenvalue weighted by molar-refractivity contribution is 7.95. The summed E-state index contributed by atoms with van der Waals surface area (Å²) in [7, 11) is 0. The van der Waals surface area contributed by atoms with Gasteiger partial charge in [-0.2, -0.15) is 0 Å². The van der Waals surface area contributed by atoms with Gasteiger partial charge in [-0.25, -0.2) is 4.79 Å². The smallest absolute Gasteiger partial charge is 0.345 e. The van der Waals surface area contributed by atoms with Gasteiger partial charge in [-0.3, -0.25) is 0 Å². The summed E-state index contributed by atoms with van der Waals surface area (Å²) < 4.78 is 4.87. The minimum Gasteiger partial charge on any atom is -0.383 e. The maximum Gasteiger partial charge on any atom is 0.345 e. The van der Waals surface area contributed by atoms with Crippen molar-refractivity contribution in [2.75, 3.05) is 0 Å². The molecule has 1 aromatic rings. The fourth-order valence-electron chi connectivity index (χ4n) is 0.633. The lowest BCUT2D eigenvalue weighted by Gasteiger charge is -2.00. The molecule has 0 atom stereocenters. The molecule has 68 valence electrons. The summed E-state index contributed by atoms with van der Waals surface area (Å²) >= 11 is 1.05. The lowest BCUT2D eigenvalue weighted by molar-refractivity contribution is -0.128. The minimum absolute atomic E-state index is 0.381. The molecule has 1 rings (SSSR count). The average molecular weight is 194 g/mol. The predicted molar refractivity (Wildman–Crippen MR) is 53.2 cm³/mol. The number of hydrogen-bond donors (Lipinski definition) is 0. The van der Waals surface area contributed by atoms with Crippen LogP contribution in [0.4, 0.5) is 0 Å². The lowest BCUT2D eigenvalue weighted by atomic mass is 10.4. The summed E-state index contributed by atoms with van der Waals surface area (Å²) in [5.41, 5.74) is 0.406. The summed E-state index contributed by atoms with van der Waals surface area (Å²) in [5, 5.41) is 0. The molecule has 3 heteroatoms. The van der Waals surface area contributed by atoms with Crippen molar-refractivity contribution in [1.82, 2.24) is 0 Å². The van der Waals surface area contributed by atoms with Crippen LogP contribution < -0.4 is 0 Å². The Hall–Kier alpha value is -1.22. The van der Waals surface area contributed by atoms with Gasteiger partial charge in [-0.1, -0.05) is 24.8 Å². The van der Waals surface area contributed by atoms with E-state index >= 15 is 0 Å². The third-order valence-electron chi connectivity index (χ3n) is 1.31. The van der Waals surface area contributed by atoms with E-state index in [2.05, 4.69) is 6.58 Å². The molecule has 0 amide bonds. The molecule has 0 saturated carbocycles. The zero-order valence-corrected chi connectivity index (χ0v) is 8.14. The molecule has 0 bridgehead atoms. The molecular weight excluding hydrogens is 184 g/mol. The van der Waals surface area contributed by atoms with Crippen molar-refractivity contribution in [1.29, 1.82) is 0 Å². The summed E-state index contributed by atoms with van der Waals surface area (Å²) in [5.74, 6) is -0.381. The average Bonchev–Trinajstić information content (AvgIpc) is 2.15. The topological polar surface area (TPSA) is 26.3 Å². The highest BCUT2D eigenvalue weighted by Gasteiger charge is 2.03. The Morgan fingerprint density at radius 3 is 2.54 bits per heavy atom. The Labute approximate surface area is 81.8 Å². The minimum atomic E-state index is -0.381. The second kappa shape index (κ2) is 4.72. The fourth-order valence-corrected chi connectivity index (χ4v) is 1.22. The van der Waals surface area contributed by atoms with E-state index in [1.165, 1.54) is 0 Å². The van der Waals surface area contributed by atoms with Crippen LogP contribution in [-0.2, 0) is 8.98 Å². The van der Waals surface area contributed by atoms with Crippen molar-refractivity contribution in [3.05, 3.63) is 42.5 Å². The zero-order valence-electron chi connectivity index (χ0n) is 7.32. The molecule has 0 N–H and O–H groups in total. The maximum absolute atomic E-state index is 11.0. The highest BCUT2D eigenvalue weighted by atomic mass is 32.2. The van der Waals surface area contributed by atoms with Crippen molar-refractivity contribution in [2.24, 2.45) is 0 Å². The van der Waals surface area contributed by atoms with Crippen LogP contribution in [-0.4, -0.2) is 5.97 Å². The van der Waals surface area contributed by atoms with Gasteiger partial charge in [0.2, 0.25) is 0 Å². The molecule has 0 aliphatic heterocycles. The summed E-state index contributed by atoms with van der Waals surface area (Å²) in [6.45, 7) is 5.10. The summed E-state index contributed by atoms with van der Waals surface area (Å²) in [4.78, 5) is 11.9. The second-order valence-corrected chi connectivity index (χ2v) is 3.35. The fraction of sp³-hybridized carbons (Fsp3) is 0.100. The Morgan fingerprint density at radius 1 is 1.38 bits per heavy atom. The third kappa shape index (κ3) is 3.34. The van der Waals surface area contributed by atoms with E-state index in [0.29, 0.717) is 5.57 Å². The number of benzene rings is 1. The molecule has 0 heterocycles. The molecular formula is C10H10O2S. The molecule has 0 fully saturated rings. The standard InChI is InChI=1S/C10H10O2S/c1-8(2)10(11)12-13-9-6-4-3-5-7-9/h3-7H,1H2,2H3. The quantitative estimate of drug-likeness (QED) is 0.546. The van der Waals surface area contributed by atoms with Crippen molar-refractivity contribution in [2.45, 2.75) is 11.8 Å². The molecule has 0 aliphatic carbocycles. The first-order chi connectivity index (χ1) is 6.20. The van der Waals surface area contributed by atoms with E-state index in [1.54, 1.807) is 6.92 Å². The summed E-state index contributed by atoms with van der Waals surface area (Å²) in [6.07, 6.45) is 0. The van der Waals surface area contributed by atoms with E-state index in [4.69, 9.17) is 4.18 Å². The van der Waals surface area contributed by atoms with Gasteiger partial charge in [0.15, 0.2) is 0 Å². The molecule has 0 spiro atoms. The molecule has 2 nitrogen and oxygen atoms in total. The number of carbonyl (C=O) groups excluding carboxylic acids is 1. The van der Waals surface area contributed by atoms with Gasteiger partial charge in [0, 0.05) is 10.5 Å². The van der Waals surface area contributed by atoms with E-state index in [1.807, 2.05) is 30.3 Å². The number of rotatable bonds is 3. The Kier molecular flexibility index (Phi) is 3.58. The van der Waals surface area contributed by atoms with E-state index in [9.17, 15) is 4.79 Å². The Morgan fingerprint density at radius 2 is 2.00 bits per heavy atom. The van der Waals surface area contributed by atoms with Crippen LogP contribution in [0.5, 0.6) is 0 Å². The van der Waals surface area contributed by atoms with Crippen LogP contribution in [0.1, 0.15) is 6.92 Å². The molecule has 0 aromatic heterocycles. The van der Waals surface area contributed by atoms with Gasteiger partial charge < -0.3 is 4.18 Å². The molecule has 0 aliphatic rings. The molecule has 13 heavy (non-hydrogen) atoms. The van der Waals surface area contributed by atoms with E-state index in [0.717, 1.165) is 16.9 Å². The van der Waals surface area contributed by atoms with Crippen LogP contribution >= 0.6 is 12.0 Å². The van der Waals surface area contributed by atoms with Crippen LogP contribution in [0.3, 0.4) is 0 Å². The maximum atomic E-state index is 11.0. The second-order valence-electron chi connectivity index (χ2n) is 2.55. The van der Waals surface area contributed by atoms with Crippen molar-refractivity contribution in [3.8, 4) is 0 Å². The van der Waals surface area contributed by atoms with Gasteiger partial charge in [-0.05, 0) is 19.1 Å². The van der Waals surface area contributed by atoms with Gasteiger partial charge in [-0.15, -0.1) is 0 Å². The van der Waals surface area contributed by atoms with E-state index in [-0.39, 0.29) is 5.97 Å². The van der Waals surface area contributed by atoms with Crippen LogP contribution in [0.15, 0.2) is 47.4 Å². The van der Waals surface area contributed by atoms with Crippen molar-refractivity contribution in [3.63, 3.8) is 0 Å². The van der Waals surface area contributed by atoms with Crippen LogP contribution in [0.25, 0.3) is 0 Å². The number of carbonyl (C=O) groups is 1.